The molecule has 0 unspecified atom stereocenters. The van der Waals surface area contributed by atoms with Crippen LogP contribution in [-0.4, -0.2) is 46.5 Å². The molecule has 22 heavy (non-hydrogen) atoms. The molecule has 1 saturated heterocycles. The van der Waals surface area contributed by atoms with Crippen LogP contribution in [0.15, 0.2) is 37.1 Å². The second-order valence-electron chi connectivity index (χ2n) is 5.07. The largest absolute Gasteiger partial charge is 0.334 e. The lowest BCUT2D eigenvalue weighted by Crippen LogP contribution is -2.38. The zero-order valence-electron chi connectivity index (χ0n) is 11.6. The summed E-state index contributed by atoms with van der Waals surface area (Å²) < 4.78 is 24.4. The van der Waals surface area contributed by atoms with Gasteiger partial charge in [-0.05, 0) is 18.6 Å². The SMILES string of the molecule is O=C(Nc1ccc(-n2ccnc2)nc1)N[C@H]1CCS(=O)(=O)C1. The van der Waals surface area contributed by atoms with Gasteiger partial charge >= 0.3 is 6.03 Å². The van der Waals surface area contributed by atoms with Crippen LogP contribution in [0.25, 0.3) is 5.82 Å². The van der Waals surface area contributed by atoms with E-state index in [1.54, 1.807) is 35.4 Å². The summed E-state index contributed by atoms with van der Waals surface area (Å²) >= 11 is 0. The van der Waals surface area contributed by atoms with Crippen molar-refractivity contribution in [3.63, 3.8) is 0 Å². The van der Waals surface area contributed by atoms with Crippen LogP contribution in [-0.2, 0) is 9.84 Å². The molecule has 9 heteroatoms. The van der Waals surface area contributed by atoms with E-state index in [-0.39, 0.29) is 17.5 Å². The Morgan fingerprint density at radius 2 is 2.23 bits per heavy atom. The first-order valence-electron chi connectivity index (χ1n) is 6.74. The molecule has 1 atom stereocenters. The number of hydrogen-bond donors (Lipinski definition) is 2. The summed E-state index contributed by atoms with van der Waals surface area (Å²) in [5.74, 6) is 0.808. The Labute approximate surface area is 127 Å². The summed E-state index contributed by atoms with van der Waals surface area (Å²) in [5, 5.41) is 5.29. The minimum Gasteiger partial charge on any atom is -0.334 e. The maximum absolute atomic E-state index is 11.8. The van der Waals surface area contributed by atoms with Crippen molar-refractivity contribution < 1.29 is 13.2 Å². The Hall–Kier alpha value is -2.42. The minimum atomic E-state index is -3.01. The quantitative estimate of drug-likeness (QED) is 0.860. The molecular formula is C13H15N5O3S. The van der Waals surface area contributed by atoms with Crippen molar-refractivity contribution >= 4 is 21.6 Å². The highest BCUT2D eigenvalue weighted by Gasteiger charge is 2.28. The Bertz CT molecular complexity index is 755. The van der Waals surface area contributed by atoms with E-state index in [0.29, 0.717) is 17.9 Å². The van der Waals surface area contributed by atoms with Crippen molar-refractivity contribution in [2.75, 3.05) is 16.8 Å². The topological polar surface area (TPSA) is 106 Å². The number of hydrogen-bond acceptors (Lipinski definition) is 5. The van der Waals surface area contributed by atoms with Gasteiger partial charge in [0.05, 0.1) is 23.4 Å². The van der Waals surface area contributed by atoms with Gasteiger partial charge in [0.1, 0.15) is 12.1 Å². The molecule has 0 bridgehead atoms. The van der Waals surface area contributed by atoms with Gasteiger partial charge in [0.25, 0.3) is 0 Å². The molecule has 8 nitrogen and oxygen atoms in total. The van der Waals surface area contributed by atoms with Crippen LogP contribution in [0.3, 0.4) is 0 Å². The number of anilines is 1. The molecule has 0 aromatic carbocycles. The zero-order chi connectivity index (χ0) is 15.6. The summed E-state index contributed by atoms with van der Waals surface area (Å²) in [6, 6.07) is 2.70. The Balaban J connectivity index is 1.58. The molecular weight excluding hydrogens is 306 g/mol. The fraction of sp³-hybridized carbons (Fsp3) is 0.308. The van der Waals surface area contributed by atoms with Gasteiger partial charge in [0, 0.05) is 18.4 Å². The van der Waals surface area contributed by atoms with E-state index >= 15 is 0 Å². The predicted molar refractivity (Wildman–Crippen MR) is 80.6 cm³/mol. The molecule has 0 aliphatic carbocycles. The van der Waals surface area contributed by atoms with E-state index in [2.05, 4.69) is 20.6 Å². The molecule has 1 aliphatic heterocycles. The maximum Gasteiger partial charge on any atom is 0.319 e. The summed E-state index contributed by atoms with van der Waals surface area (Å²) in [7, 11) is -3.01. The highest BCUT2D eigenvalue weighted by atomic mass is 32.2. The van der Waals surface area contributed by atoms with E-state index in [1.165, 1.54) is 6.20 Å². The van der Waals surface area contributed by atoms with Gasteiger partial charge in [-0.1, -0.05) is 0 Å². The van der Waals surface area contributed by atoms with E-state index < -0.39 is 15.9 Å². The lowest BCUT2D eigenvalue weighted by atomic mass is 10.3. The number of urea groups is 1. The third-order valence-electron chi connectivity index (χ3n) is 3.34. The predicted octanol–water partition coefficient (Wildman–Crippen LogP) is 0.576. The number of aromatic nitrogens is 3. The smallest absolute Gasteiger partial charge is 0.319 e. The molecule has 2 aromatic rings. The number of rotatable bonds is 3. The summed E-state index contributed by atoms with van der Waals surface area (Å²) in [6.07, 6.45) is 7.02. The minimum absolute atomic E-state index is 0.00175. The standard InChI is InChI=1S/C13H15N5O3S/c19-13(17-11-3-6-22(20,21)8-11)16-10-1-2-12(15-7-10)18-5-4-14-9-18/h1-2,4-5,7,9,11H,3,6,8H2,(H2,16,17,19)/t11-/m0/s1. The van der Waals surface area contributed by atoms with Crippen molar-refractivity contribution in [3.05, 3.63) is 37.1 Å². The first-order chi connectivity index (χ1) is 10.5. The van der Waals surface area contributed by atoms with Gasteiger partial charge in [-0.3, -0.25) is 4.57 Å². The number of amides is 2. The maximum atomic E-state index is 11.8. The number of nitrogens with zero attached hydrogens (tertiary/aromatic N) is 3. The van der Waals surface area contributed by atoms with Gasteiger partial charge in [0.2, 0.25) is 0 Å². The highest BCUT2D eigenvalue weighted by molar-refractivity contribution is 7.91. The average molecular weight is 321 g/mol. The average Bonchev–Trinajstić information content (AvgIpc) is 3.09. The molecule has 0 radical (unpaired) electrons. The zero-order valence-corrected chi connectivity index (χ0v) is 12.5. The fourth-order valence-electron chi connectivity index (χ4n) is 2.27. The fourth-order valence-corrected chi connectivity index (χ4v) is 3.94. The summed E-state index contributed by atoms with van der Waals surface area (Å²) in [4.78, 5) is 20.0. The molecule has 0 spiro atoms. The second kappa shape index (κ2) is 5.76. The molecule has 1 aliphatic rings. The monoisotopic (exact) mass is 321 g/mol. The Morgan fingerprint density at radius 1 is 1.36 bits per heavy atom. The molecule has 116 valence electrons. The van der Waals surface area contributed by atoms with E-state index in [4.69, 9.17) is 0 Å². The van der Waals surface area contributed by atoms with Crippen LogP contribution in [0, 0.1) is 0 Å². The molecule has 0 saturated carbocycles. The van der Waals surface area contributed by atoms with Crippen LogP contribution in [0.5, 0.6) is 0 Å². The number of carbonyl (C=O) groups is 1. The molecule has 1 fully saturated rings. The Morgan fingerprint density at radius 3 is 2.82 bits per heavy atom. The van der Waals surface area contributed by atoms with E-state index in [9.17, 15) is 13.2 Å². The van der Waals surface area contributed by atoms with Crippen molar-refractivity contribution in [2.45, 2.75) is 12.5 Å². The molecule has 2 aromatic heterocycles. The first kappa shape index (κ1) is 14.5. The van der Waals surface area contributed by atoms with Crippen LogP contribution >= 0.6 is 0 Å². The normalized spacial score (nSPS) is 19.7. The van der Waals surface area contributed by atoms with Gasteiger partial charge in [0.15, 0.2) is 9.84 Å². The van der Waals surface area contributed by atoms with Crippen LogP contribution < -0.4 is 10.6 Å². The molecule has 3 heterocycles. The molecule has 3 rings (SSSR count). The third kappa shape index (κ3) is 3.42. The van der Waals surface area contributed by atoms with Crippen molar-refractivity contribution in [3.8, 4) is 5.82 Å². The number of pyridine rings is 1. The van der Waals surface area contributed by atoms with Crippen molar-refractivity contribution in [2.24, 2.45) is 0 Å². The van der Waals surface area contributed by atoms with Crippen LogP contribution in [0.4, 0.5) is 10.5 Å². The van der Waals surface area contributed by atoms with Gasteiger partial charge < -0.3 is 10.6 Å². The second-order valence-corrected chi connectivity index (χ2v) is 7.30. The van der Waals surface area contributed by atoms with E-state index in [1.807, 2.05) is 0 Å². The van der Waals surface area contributed by atoms with Crippen LogP contribution in [0.1, 0.15) is 6.42 Å². The molecule has 2 N–H and O–H groups in total. The Kier molecular flexibility index (Phi) is 3.80. The summed E-state index contributed by atoms with van der Waals surface area (Å²) in [6.45, 7) is 0. The van der Waals surface area contributed by atoms with Gasteiger partial charge in [-0.15, -0.1) is 0 Å². The molecule has 2 amide bonds. The lowest BCUT2D eigenvalue weighted by Gasteiger charge is -2.12. The number of sulfone groups is 1. The van der Waals surface area contributed by atoms with Gasteiger partial charge in [-0.25, -0.2) is 23.2 Å². The lowest BCUT2D eigenvalue weighted by molar-refractivity contribution is 0.249. The van der Waals surface area contributed by atoms with Crippen LogP contribution in [0.2, 0.25) is 0 Å². The van der Waals surface area contributed by atoms with E-state index in [0.717, 1.165) is 0 Å². The van der Waals surface area contributed by atoms with Crippen molar-refractivity contribution in [1.82, 2.24) is 19.9 Å². The third-order valence-corrected chi connectivity index (χ3v) is 5.11. The number of carbonyl (C=O) groups excluding carboxylic acids is 1. The summed E-state index contributed by atoms with van der Waals surface area (Å²) in [5.41, 5.74) is 0.530. The first-order valence-corrected chi connectivity index (χ1v) is 8.56. The number of imidazole rings is 1. The highest BCUT2D eigenvalue weighted by Crippen LogP contribution is 2.12. The number of nitrogens with one attached hydrogen (secondary N) is 2. The van der Waals surface area contributed by atoms with Gasteiger partial charge in [-0.2, -0.15) is 0 Å². The van der Waals surface area contributed by atoms with Crippen molar-refractivity contribution in [1.29, 1.82) is 0 Å².